The highest BCUT2D eigenvalue weighted by molar-refractivity contribution is 5.23. The van der Waals surface area contributed by atoms with E-state index in [0.29, 0.717) is 19.8 Å². The van der Waals surface area contributed by atoms with E-state index in [9.17, 15) is 0 Å². The monoisotopic (exact) mass is 963 g/mol. The maximum Gasteiger partial charge on any atom is 0.217 e. The highest BCUT2D eigenvalue weighted by Gasteiger charge is 2.57. The molecule has 0 bridgehead atoms. The van der Waals surface area contributed by atoms with Gasteiger partial charge < -0.3 is 33.2 Å². The van der Waals surface area contributed by atoms with Crippen LogP contribution in [-0.2, 0) is 78.8 Å². The fourth-order valence-electron chi connectivity index (χ4n) is 10.8. The number of hydrogen-bond donors (Lipinski definition) is 0. The summed E-state index contributed by atoms with van der Waals surface area (Å²) in [5.74, 6) is -0.931. The molecule has 7 nitrogen and oxygen atoms in total. The summed E-state index contributed by atoms with van der Waals surface area (Å²) >= 11 is 0. The Hall–Kier alpha value is -6.00. The van der Waals surface area contributed by atoms with Gasteiger partial charge >= 0.3 is 0 Å². The number of ether oxygens (including phenoxy) is 7. The maximum absolute atomic E-state index is 7.48. The van der Waals surface area contributed by atoms with Gasteiger partial charge in [0.25, 0.3) is 0 Å². The van der Waals surface area contributed by atoms with Crippen molar-refractivity contribution < 1.29 is 33.2 Å². The fraction of sp³-hybridized carbons (Fsp3) is 0.323. The van der Waals surface area contributed by atoms with Gasteiger partial charge in [0.15, 0.2) is 0 Å². The second-order valence-corrected chi connectivity index (χ2v) is 19.3. The predicted octanol–water partition coefficient (Wildman–Crippen LogP) is 13.0. The molecule has 2 aliphatic rings. The molecule has 9 rings (SSSR count). The van der Waals surface area contributed by atoms with E-state index in [0.717, 1.165) is 47.9 Å². The van der Waals surface area contributed by atoms with Crippen LogP contribution in [-0.4, -0.2) is 55.6 Å². The molecule has 0 radical (unpaired) electrons. The molecule has 0 spiro atoms. The molecule has 0 aromatic heterocycles. The van der Waals surface area contributed by atoms with Crippen LogP contribution in [0.3, 0.4) is 0 Å². The normalized spacial score (nSPS) is 25.2. The average Bonchev–Trinajstić information content (AvgIpc) is 3.44. The van der Waals surface area contributed by atoms with E-state index in [4.69, 9.17) is 33.2 Å². The Morgan fingerprint density at radius 1 is 0.417 bits per heavy atom. The first-order valence-electron chi connectivity index (χ1n) is 25.9. The lowest BCUT2D eigenvalue weighted by molar-refractivity contribution is -0.369. The standard InChI is InChI=1S/C65H70O7/c1-3-59-57(41-50-28-14-6-15-29-50)56(40-49-26-12-5-13-27-49)58(42-51-30-16-7-17-31-51)60(71-59)48-70-65(4-2)64(69-46-55-38-24-11-25-39-55)63(68-45-54-36-22-10-23-37-54)62(67-44-53-34-20-9-21-35-53)61(72-65)47-66-43-52-32-18-8-19-33-52/h4-39,56-64H,2-3,40-48H2,1H3/t56-,57-,58+,59-,60-,61-,62-,63+,64-,65+/m1/s1. The molecule has 10 atom stereocenters. The zero-order valence-electron chi connectivity index (χ0n) is 41.6. The van der Waals surface area contributed by atoms with E-state index < -0.39 is 30.2 Å². The van der Waals surface area contributed by atoms with Gasteiger partial charge in [0.05, 0.1) is 51.8 Å². The van der Waals surface area contributed by atoms with Crippen LogP contribution in [0, 0.1) is 17.8 Å². The van der Waals surface area contributed by atoms with Gasteiger partial charge in [-0.1, -0.05) is 226 Å². The van der Waals surface area contributed by atoms with Crippen LogP contribution in [0.2, 0.25) is 0 Å². The summed E-state index contributed by atoms with van der Waals surface area (Å²) in [6.45, 7) is 8.45. The molecule has 372 valence electrons. The quantitative estimate of drug-likeness (QED) is 0.0559. The van der Waals surface area contributed by atoms with Gasteiger partial charge in [-0.15, -0.1) is 0 Å². The van der Waals surface area contributed by atoms with Crippen molar-refractivity contribution in [3.8, 4) is 0 Å². The summed E-state index contributed by atoms with van der Waals surface area (Å²) in [4.78, 5) is 0. The molecule has 72 heavy (non-hydrogen) atoms. The topological polar surface area (TPSA) is 64.6 Å². The molecule has 0 N–H and O–H groups in total. The Balaban J connectivity index is 1.10. The largest absolute Gasteiger partial charge is 0.374 e. The minimum Gasteiger partial charge on any atom is -0.374 e. The highest BCUT2D eigenvalue weighted by Crippen LogP contribution is 2.45. The van der Waals surface area contributed by atoms with E-state index in [1.807, 2.05) is 72.8 Å². The lowest BCUT2D eigenvalue weighted by Crippen LogP contribution is -2.68. The molecule has 7 aromatic carbocycles. The molecule has 0 saturated carbocycles. The molecular formula is C65H70O7. The third-order valence-corrected chi connectivity index (χ3v) is 14.5. The van der Waals surface area contributed by atoms with Crippen LogP contribution in [0.5, 0.6) is 0 Å². The van der Waals surface area contributed by atoms with E-state index in [-0.39, 0.29) is 49.8 Å². The second kappa shape index (κ2) is 26.1. The molecule has 7 heteroatoms. The van der Waals surface area contributed by atoms with Gasteiger partial charge in [-0.3, -0.25) is 0 Å². The third kappa shape index (κ3) is 13.5. The average molecular weight is 963 g/mol. The van der Waals surface area contributed by atoms with Crippen molar-refractivity contribution >= 4 is 0 Å². The smallest absolute Gasteiger partial charge is 0.217 e. The van der Waals surface area contributed by atoms with Crippen molar-refractivity contribution in [1.82, 2.24) is 0 Å². The van der Waals surface area contributed by atoms with E-state index >= 15 is 0 Å². The summed E-state index contributed by atoms with van der Waals surface area (Å²) in [6.07, 6.45) is 2.10. The van der Waals surface area contributed by atoms with Crippen molar-refractivity contribution in [1.29, 1.82) is 0 Å². The molecular weight excluding hydrogens is 893 g/mol. The van der Waals surface area contributed by atoms with Crippen LogP contribution in [0.15, 0.2) is 225 Å². The van der Waals surface area contributed by atoms with Crippen LogP contribution in [0.4, 0.5) is 0 Å². The molecule has 0 aliphatic carbocycles. The SMILES string of the molecule is C=C[C@]1(OC[C@H]2O[C@H](CC)[C@H](Cc3ccccc3)[C@@H](Cc3ccccc3)[C@@H]2Cc2ccccc2)O[C@H](COCc2ccccc2)[C@@H](OCc2ccccc2)[C@H](OCc2ccccc2)[C@H]1OCc1ccccc1. The van der Waals surface area contributed by atoms with Gasteiger partial charge in [0, 0.05) is 0 Å². The highest BCUT2D eigenvalue weighted by atomic mass is 16.7. The minimum atomic E-state index is -1.53. The first kappa shape index (κ1) is 50.9. The van der Waals surface area contributed by atoms with Crippen molar-refractivity contribution in [2.75, 3.05) is 13.2 Å². The lowest BCUT2D eigenvalue weighted by atomic mass is 9.66. The first-order chi connectivity index (χ1) is 35.6. The van der Waals surface area contributed by atoms with Gasteiger partial charge in [0.1, 0.15) is 24.4 Å². The number of rotatable bonds is 24. The van der Waals surface area contributed by atoms with Crippen LogP contribution < -0.4 is 0 Å². The number of hydrogen-bond acceptors (Lipinski definition) is 7. The zero-order chi connectivity index (χ0) is 49.2. The zero-order valence-corrected chi connectivity index (χ0v) is 41.6. The molecule has 2 heterocycles. The van der Waals surface area contributed by atoms with Crippen LogP contribution in [0.1, 0.15) is 52.3 Å². The van der Waals surface area contributed by atoms with Gasteiger partial charge in [-0.25, -0.2) is 0 Å². The van der Waals surface area contributed by atoms with E-state index in [2.05, 4.69) is 153 Å². The van der Waals surface area contributed by atoms with Crippen molar-refractivity contribution in [3.05, 3.63) is 264 Å². The maximum atomic E-state index is 7.48. The van der Waals surface area contributed by atoms with Gasteiger partial charge in [0.2, 0.25) is 5.79 Å². The molecule has 7 aromatic rings. The van der Waals surface area contributed by atoms with Gasteiger partial charge in [-0.05, 0) is 88.5 Å². The minimum absolute atomic E-state index is 0.0199. The molecule has 2 aliphatic heterocycles. The Labute approximate surface area is 427 Å². The van der Waals surface area contributed by atoms with E-state index in [1.165, 1.54) is 16.7 Å². The van der Waals surface area contributed by atoms with Crippen molar-refractivity contribution in [3.63, 3.8) is 0 Å². The van der Waals surface area contributed by atoms with Gasteiger partial charge in [-0.2, -0.15) is 0 Å². The first-order valence-corrected chi connectivity index (χ1v) is 25.9. The number of benzene rings is 7. The second-order valence-electron chi connectivity index (χ2n) is 19.3. The Bertz CT molecular complexity index is 2600. The predicted molar refractivity (Wildman–Crippen MR) is 285 cm³/mol. The fourth-order valence-corrected chi connectivity index (χ4v) is 10.8. The molecule has 0 unspecified atom stereocenters. The summed E-state index contributed by atoms with van der Waals surface area (Å²) < 4.78 is 50.3. The third-order valence-electron chi connectivity index (χ3n) is 14.5. The lowest BCUT2D eigenvalue weighted by Gasteiger charge is -2.52. The summed E-state index contributed by atoms with van der Waals surface area (Å²) in [6, 6.07) is 73.5. The Morgan fingerprint density at radius 3 is 1.22 bits per heavy atom. The summed E-state index contributed by atoms with van der Waals surface area (Å²) in [7, 11) is 0. The van der Waals surface area contributed by atoms with E-state index in [1.54, 1.807) is 6.08 Å². The summed E-state index contributed by atoms with van der Waals surface area (Å²) in [5, 5.41) is 0. The molecule has 2 fully saturated rings. The molecule has 0 amide bonds. The van der Waals surface area contributed by atoms with Crippen LogP contribution >= 0.6 is 0 Å². The van der Waals surface area contributed by atoms with Crippen molar-refractivity contribution in [2.45, 2.75) is 101 Å². The van der Waals surface area contributed by atoms with Crippen molar-refractivity contribution in [2.24, 2.45) is 17.8 Å². The Morgan fingerprint density at radius 2 is 0.792 bits per heavy atom. The Kier molecular flexibility index (Phi) is 18.5. The molecule has 2 saturated heterocycles. The summed E-state index contributed by atoms with van der Waals surface area (Å²) in [5.41, 5.74) is 8.02. The van der Waals surface area contributed by atoms with Crippen LogP contribution in [0.25, 0.3) is 0 Å².